The van der Waals surface area contributed by atoms with Crippen LogP contribution in [-0.2, 0) is 0 Å². The zero-order chi connectivity index (χ0) is 13.8. The fourth-order valence-corrected chi connectivity index (χ4v) is 1.74. The quantitative estimate of drug-likeness (QED) is 0.794. The van der Waals surface area contributed by atoms with E-state index in [1.54, 1.807) is 24.3 Å². The van der Waals surface area contributed by atoms with E-state index in [0.717, 1.165) is 22.7 Å². The van der Waals surface area contributed by atoms with E-state index in [1.807, 2.05) is 0 Å². The first-order chi connectivity index (χ1) is 9.04. The maximum Gasteiger partial charge on any atom is 0.200 e. The summed E-state index contributed by atoms with van der Waals surface area (Å²) in [6, 6.07) is 9.54. The van der Waals surface area contributed by atoms with E-state index in [1.165, 1.54) is 0 Å². The Kier molecular flexibility index (Phi) is 4.27. The van der Waals surface area contributed by atoms with Crippen LogP contribution < -0.4 is 4.74 Å². The molecule has 98 valence electrons. The Bertz CT molecular complexity index is 577. The van der Waals surface area contributed by atoms with E-state index >= 15 is 0 Å². The van der Waals surface area contributed by atoms with Crippen molar-refractivity contribution in [2.45, 2.75) is 0 Å². The zero-order valence-electron chi connectivity index (χ0n) is 9.70. The van der Waals surface area contributed by atoms with Gasteiger partial charge in [0, 0.05) is 28.2 Å². The van der Waals surface area contributed by atoms with E-state index in [0.29, 0.717) is 5.56 Å². The molecule has 0 aromatic heterocycles. The SMILES string of the molecule is O=C(COc1cc(F)cc(F)c1)c1ccc(Br)cc1. The van der Waals surface area contributed by atoms with Gasteiger partial charge in [-0.25, -0.2) is 8.78 Å². The molecule has 0 aliphatic rings. The normalized spacial score (nSPS) is 10.3. The summed E-state index contributed by atoms with van der Waals surface area (Å²) in [7, 11) is 0. The molecule has 0 aliphatic heterocycles. The molecular weight excluding hydrogens is 318 g/mol. The smallest absolute Gasteiger partial charge is 0.200 e. The van der Waals surface area contributed by atoms with Crippen LogP contribution in [0.15, 0.2) is 46.9 Å². The molecule has 0 saturated carbocycles. The number of ether oxygens (including phenoxy) is 1. The monoisotopic (exact) mass is 326 g/mol. The second kappa shape index (κ2) is 5.93. The molecule has 0 heterocycles. The summed E-state index contributed by atoms with van der Waals surface area (Å²) in [6.07, 6.45) is 0. The van der Waals surface area contributed by atoms with Crippen LogP contribution in [0.4, 0.5) is 8.78 Å². The largest absolute Gasteiger partial charge is 0.485 e. The highest BCUT2D eigenvalue weighted by Crippen LogP contribution is 2.16. The Morgan fingerprint density at radius 2 is 1.63 bits per heavy atom. The van der Waals surface area contributed by atoms with Gasteiger partial charge in [-0.15, -0.1) is 0 Å². The molecule has 0 atom stereocenters. The maximum absolute atomic E-state index is 12.9. The van der Waals surface area contributed by atoms with Crippen LogP contribution >= 0.6 is 15.9 Å². The minimum absolute atomic E-state index is 0.0111. The van der Waals surface area contributed by atoms with Crippen molar-refractivity contribution in [1.82, 2.24) is 0 Å². The standard InChI is InChI=1S/C14H9BrF2O2/c15-10-3-1-9(2-4-10)14(18)8-19-13-6-11(16)5-12(17)7-13/h1-7H,8H2. The molecule has 0 bridgehead atoms. The highest BCUT2D eigenvalue weighted by molar-refractivity contribution is 9.10. The minimum atomic E-state index is -0.744. The average Bonchev–Trinajstić information content (AvgIpc) is 2.36. The topological polar surface area (TPSA) is 26.3 Å². The molecule has 0 spiro atoms. The number of benzene rings is 2. The number of halogens is 3. The Hall–Kier alpha value is -1.75. The van der Waals surface area contributed by atoms with Gasteiger partial charge in [-0.2, -0.15) is 0 Å². The molecule has 5 heteroatoms. The van der Waals surface area contributed by atoms with E-state index in [-0.39, 0.29) is 18.1 Å². The van der Waals surface area contributed by atoms with Gasteiger partial charge in [-0.3, -0.25) is 4.79 Å². The summed E-state index contributed by atoms with van der Waals surface area (Å²) in [5, 5.41) is 0. The number of hydrogen-bond donors (Lipinski definition) is 0. The summed E-state index contributed by atoms with van der Waals surface area (Å²) in [6.45, 7) is -0.273. The molecule has 0 radical (unpaired) electrons. The van der Waals surface area contributed by atoms with E-state index in [2.05, 4.69) is 15.9 Å². The van der Waals surface area contributed by atoms with Gasteiger partial charge >= 0.3 is 0 Å². The Balaban J connectivity index is 2.02. The molecule has 0 unspecified atom stereocenters. The van der Waals surface area contributed by atoms with Crippen LogP contribution in [0.1, 0.15) is 10.4 Å². The molecule has 2 aromatic rings. The molecule has 0 amide bonds. The fourth-order valence-electron chi connectivity index (χ4n) is 1.48. The van der Waals surface area contributed by atoms with Crippen molar-refractivity contribution in [2.75, 3.05) is 6.61 Å². The molecule has 19 heavy (non-hydrogen) atoms. The van der Waals surface area contributed by atoms with Gasteiger partial charge in [0.2, 0.25) is 0 Å². The Morgan fingerprint density at radius 1 is 1.05 bits per heavy atom. The first-order valence-corrected chi connectivity index (χ1v) is 6.21. The third kappa shape index (κ3) is 3.86. The lowest BCUT2D eigenvalue weighted by Crippen LogP contribution is -2.11. The highest BCUT2D eigenvalue weighted by Gasteiger charge is 2.08. The van der Waals surface area contributed by atoms with Crippen LogP contribution in [0.25, 0.3) is 0 Å². The summed E-state index contributed by atoms with van der Waals surface area (Å²) < 4.78 is 31.8. The molecule has 0 N–H and O–H groups in total. The van der Waals surface area contributed by atoms with E-state index < -0.39 is 11.6 Å². The van der Waals surface area contributed by atoms with E-state index in [4.69, 9.17) is 4.74 Å². The Morgan fingerprint density at radius 3 is 2.21 bits per heavy atom. The van der Waals surface area contributed by atoms with Crippen LogP contribution in [0.5, 0.6) is 5.75 Å². The van der Waals surface area contributed by atoms with Crippen molar-refractivity contribution in [3.8, 4) is 5.75 Å². The summed E-state index contributed by atoms with van der Waals surface area (Å²) >= 11 is 3.26. The highest BCUT2D eigenvalue weighted by atomic mass is 79.9. The van der Waals surface area contributed by atoms with Crippen molar-refractivity contribution in [2.24, 2.45) is 0 Å². The molecule has 2 rings (SSSR count). The van der Waals surface area contributed by atoms with Crippen LogP contribution in [0, 0.1) is 11.6 Å². The lowest BCUT2D eigenvalue weighted by Gasteiger charge is -2.06. The summed E-state index contributed by atoms with van der Waals surface area (Å²) in [5.41, 5.74) is 0.472. The number of carbonyl (C=O) groups excluding carboxylic acids is 1. The second-order valence-electron chi connectivity index (χ2n) is 3.82. The Labute approximate surface area is 117 Å². The number of ketones is 1. The van der Waals surface area contributed by atoms with Crippen LogP contribution in [-0.4, -0.2) is 12.4 Å². The van der Waals surface area contributed by atoms with Gasteiger partial charge < -0.3 is 4.74 Å². The van der Waals surface area contributed by atoms with Gasteiger partial charge in [0.25, 0.3) is 0 Å². The number of carbonyl (C=O) groups is 1. The molecule has 2 aromatic carbocycles. The lowest BCUT2D eigenvalue weighted by atomic mass is 10.1. The van der Waals surface area contributed by atoms with Crippen molar-refractivity contribution >= 4 is 21.7 Å². The number of hydrogen-bond acceptors (Lipinski definition) is 2. The number of rotatable bonds is 4. The van der Waals surface area contributed by atoms with Gasteiger partial charge in [-0.05, 0) is 12.1 Å². The summed E-state index contributed by atoms with van der Waals surface area (Å²) in [5.74, 6) is -1.77. The summed E-state index contributed by atoms with van der Waals surface area (Å²) in [4.78, 5) is 11.8. The zero-order valence-corrected chi connectivity index (χ0v) is 11.3. The average molecular weight is 327 g/mol. The van der Waals surface area contributed by atoms with Gasteiger partial charge in [0.1, 0.15) is 17.4 Å². The minimum Gasteiger partial charge on any atom is -0.485 e. The van der Waals surface area contributed by atoms with Crippen molar-refractivity contribution in [1.29, 1.82) is 0 Å². The van der Waals surface area contributed by atoms with Crippen LogP contribution in [0.3, 0.4) is 0 Å². The lowest BCUT2D eigenvalue weighted by molar-refractivity contribution is 0.0921. The van der Waals surface area contributed by atoms with Gasteiger partial charge in [0.15, 0.2) is 12.4 Å². The first kappa shape index (κ1) is 13.7. The molecule has 2 nitrogen and oxygen atoms in total. The number of Topliss-reactive ketones (excluding diaryl/α,β-unsaturated/α-hetero) is 1. The van der Waals surface area contributed by atoms with Crippen molar-refractivity contribution < 1.29 is 18.3 Å². The van der Waals surface area contributed by atoms with Crippen LogP contribution in [0.2, 0.25) is 0 Å². The third-order valence-electron chi connectivity index (χ3n) is 2.37. The molecule has 0 aliphatic carbocycles. The predicted molar refractivity (Wildman–Crippen MR) is 70.3 cm³/mol. The predicted octanol–water partition coefficient (Wildman–Crippen LogP) is 3.99. The second-order valence-corrected chi connectivity index (χ2v) is 4.74. The fraction of sp³-hybridized carbons (Fsp3) is 0.0714. The van der Waals surface area contributed by atoms with Crippen molar-refractivity contribution in [3.63, 3.8) is 0 Å². The molecular formula is C14H9BrF2O2. The van der Waals surface area contributed by atoms with Crippen molar-refractivity contribution in [3.05, 3.63) is 64.1 Å². The van der Waals surface area contributed by atoms with Gasteiger partial charge in [-0.1, -0.05) is 28.1 Å². The molecule has 0 saturated heterocycles. The molecule has 0 fully saturated rings. The first-order valence-electron chi connectivity index (χ1n) is 5.42. The maximum atomic E-state index is 12.9. The van der Waals surface area contributed by atoms with E-state index in [9.17, 15) is 13.6 Å². The third-order valence-corrected chi connectivity index (χ3v) is 2.90. The van der Waals surface area contributed by atoms with Gasteiger partial charge in [0.05, 0.1) is 0 Å².